The Bertz CT molecular complexity index is 403. The number of carbonyl (C=O) groups is 1. The van der Waals surface area contributed by atoms with E-state index in [9.17, 15) is 9.90 Å². The molecular weight excluding hydrogens is 226 g/mol. The monoisotopic (exact) mass is 249 g/mol. The van der Waals surface area contributed by atoms with Crippen LogP contribution in [0.1, 0.15) is 45.1 Å². The summed E-state index contributed by atoms with van der Waals surface area (Å²) >= 11 is 0. The molecule has 0 spiro atoms. The summed E-state index contributed by atoms with van der Waals surface area (Å²) in [5.41, 5.74) is 1.17. The predicted octanol–water partition coefficient (Wildman–Crippen LogP) is 3.83. The number of anilines is 1. The molecule has 1 atom stereocenters. The molecular formula is C15H23NO2. The molecule has 0 aliphatic rings. The summed E-state index contributed by atoms with van der Waals surface area (Å²) in [6.45, 7) is 6.01. The Kier molecular flexibility index (Phi) is 5.20. The van der Waals surface area contributed by atoms with Crippen molar-refractivity contribution in [3.05, 3.63) is 29.8 Å². The molecule has 0 saturated carbocycles. The van der Waals surface area contributed by atoms with E-state index < -0.39 is 11.5 Å². The van der Waals surface area contributed by atoms with Gasteiger partial charge < -0.3 is 10.4 Å². The van der Waals surface area contributed by atoms with Gasteiger partial charge in [-0.3, -0.25) is 0 Å². The second kappa shape index (κ2) is 6.43. The molecule has 0 radical (unpaired) electrons. The Morgan fingerprint density at radius 1 is 1.39 bits per heavy atom. The molecule has 100 valence electrons. The molecule has 0 aliphatic carbocycles. The molecule has 3 heteroatoms. The van der Waals surface area contributed by atoms with E-state index in [0.717, 1.165) is 24.1 Å². The molecule has 0 bridgehead atoms. The zero-order valence-electron chi connectivity index (χ0n) is 11.5. The van der Waals surface area contributed by atoms with Gasteiger partial charge in [0.15, 0.2) is 0 Å². The lowest BCUT2D eigenvalue weighted by molar-refractivity contribution is -0.142. The quantitative estimate of drug-likeness (QED) is 0.772. The van der Waals surface area contributed by atoms with Gasteiger partial charge in [-0.05, 0) is 37.5 Å². The van der Waals surface area contributed by atoms with Crippen LogP contribution in [0.25, 0.3) is 0 Å². The van der Waals surface area contributed by atoms with Crippen molar-refractivity contribution in [2.45, 2.75) is 52.0 Å². The Balaban J connectivity index is 2.93. The third-order valence-corrected chi connectivity index (χ3v) is 3.37. The largest absolute Gasteiger partial charge is 0.480 e. The first-order chi connectivity index (χ1) is 8.54. The smallest absolute Gasteiger partial charge is 0.329 e. The zero-order valence-corrected chi connectivity index (χ0v) is 11.5. The average Bonchev–Trinajstić information content (AvgIpc) is 2.34. The van der Waals surface area contributed by atoms with Gasteiger partial charge in [-0.2, -0.15) is 0 Å². The fourth-order valence-electron chi connectivity index (χ4n) is 2.12. The summed E-state index contributed by atoms with van der Waals surface area (Å²) in [6.07, 6.45) is 3.16. The predicted molar refractivity (Wildman–Crippen MR) is 75.0 cm³/mol. The van der Waals surface area contributed by atoms with Crippen LogP contribution in [-0.4, -0.2) is 16.6 Å². The van der Waals surface area contributed by atoms with Gasteiger partial charge in [-0.15, -0.1) is 0 Å². The maximum Gasteiger partial charge on any atom is 0.329 e. The number of aliphatic carboxylic acids is 1. The number of rotatable bonds is 7. The van der Waals surface area contributed by atoms with Gasteiger partial charge in [0.1, 0.15) is 5.54 Å². The highest BCUT2D eigenvalue weighted by molar-refractivity contribution is 5.82. The van der Waals surface area contributed by atoms with Gasteiger partial charge in [0.25, 0.3) is 0 Å². The lowest BCUT2D eigenvalue weighted by Crippen LogP contribution is -2.45. The third kappa shape index (κ3) is 3.49. The van der Waals surface area contributed by atoms with Gasteiger partial charge in [0.05, 0.1) is 0 Å². The molecule has 2 N–H and O–H groups in total. The topological polar surface area (TPSA) is 49.3 Å². The summed E-state index contributed by atoms with van der Waals surface area (Å²) in [5, 5.41) is 12.7. The number of nitrogens with one attached hydrogen (secondary N) is 1. The number of aryl methyl sites for hydroxylation is 1. The molecule has 0 aliphatic heterocycles. The first-order valence-electron chi connectivity index (χ1n) is 6.62. The fraction of sp³-hybridized carbons (Fsp3) is 0.533. The van der Waals surface area contributed by atoms with Crippen molar-refractivity contribution < 1.29 is 9.90 Å². The summed E-state index contributed by atoms with van der Waals surface area (Å²) in [6, 6.07) is 7.86. The van der Waals surface area contributed by atoms with Crippen molar-refractivity contribution in [3.63, 3.8) is 0 Å². The van der Waals surface area contributed by atoms with Gasteiger partial charge in [-0.25, -0.2) is 4.79 Å². The van der Waals surface area contributed by atoms with E-state index in [1.807, 2.05) is 38.1 Å². The summed E-state index contributed by atoms with van der Waals surface area (Å²) in [5.74, 6) is -0.764. The SMILES string of the molecule is CCCCC(CC)(Nc1cccc(C)c1)C(=O)O. The maximum absolute atomic E-state index is 11.6. The Morgan fingerprint density at radius 2 is 2.11 bits per heavy atom. The van der Waals surface area contributed by atoms with E-state index in [2.05, 4.69) is 12.2 Å². The molecule has 1 aromatic carbocycles. The normalized spacial score (nSPS) is 13.9. The first kappa shape index (κ1) is 14.6. The minimum atomic E-state index is -0.843. The number of hydrogen-bond donors (Lipinski definition) is 2. The van der Waals surface area contributed by atoms with Crippen LogP contribution in [0.15, 0.2) is 24.3 Å². The van der Waals surface area contributed by atoms with Crippen molar-refractivity contribution >= 4 is 11.7 Å². The van der Waals surface area contributed by atoms with Gasteiger partial charge in [0, 0.05) is 5.69 Å². The third-order valence-electron chi connectivity index (χ3n) is 3.37. The van der Waals surface area contributed by atoms with Crippen molar-refractivity contribution in [1.29, 1.82) is 0 Å². The van der Waals surface area contributed by atoms with Crippen LogP contribution in [0, 0.1) is 6.92 Å². The summed E-state index contributed by atoms with van der Waals surface area (Å²) in [7, 11) is 0. The molecule has 0 aromatic heterocycles. The summed E-state index contributed by atoms with van der Waals surface area (Å²) in [4.78, 5) is 11.6. The van der Waals surface area contributed by atoms with Crippen LogP contribution in [0.2, 0.25) is 0 Å². The van der Waals surface area contributed by atoms with Gasteiger partial charge in [-0.1, -0.05) is 38.8 Å². The minimum Gasteiger partial charge on any atom is -0.480 e. The second-order valence-corrected chi connectivity index (χ2v) is 4.84. The zero-order chi connectivity index (χ0) is 13.6. The second-order valence-electron chi connectivity index (χ2n) is 4.84. The molecule has 0 fully saturated rings. The highest BCUT2D eigenvalue weighted by atomic mass is 16.4. The standard InChI is InChI=1S/C15H23NO2/c1-4-6-10-15(5-2,14(17)18)16-13-9-7-8-12(3)11-13/h7-9,11,16H,4-6,10H2,1-3H3,(H,17,18). The minimum absolute atomic E-state index is 0.580. The average molecular weight is 249 g/mol. The number of unbranched alkanes of at least 4 members (excludes halogenated alkanes) is 1. The highest BCUT2D eigenvalue weighted by Crippen LogP contribution is 2.25. The highest BCUT2D eigenvalue weighted by Gasteiger charge is 2.35. The van der Waals surface area contributed by atoms with Gasteiger partial charge in [0.2, 0.25) is 0 Å². The number of carboxylic acid groups (broad SMARTS) is 1. The van der Waals surface area contributed by atoms with Gasteiger partial charge >= 0.3 is 5.97 Å². The molecule has 18 heavy (non-hydrogen) atoms. The van der Waals surface area contributed by atoms with E-state index in [0.29, 0.717) is 12.8 Å². The fourth-order valence-corrected chi connectivity index (χ4v) is 2.12. The number of hydrogen-bond acceptors (Lipinski definition) is 2. The van der Waals surface area contributed by atoms with E-state index >= 15 is 0 Å². The lowest BCUT2D eigenvalue weighted by atomic mass is 9.89. The van der Waals surface area contributed by atoms with E-state index in [1.54, 1.807) is 0 Å². The van der Waals surface area contributed by atoms with E-state index in [4.69, 9.17) is 0 Å². The van der Waals surface area contributed by atoms with E-state index in [-0.39, 0.29) is 0 Å². The molecule has 1 unspecified atom stereocenters. The molecule has 1 aromatic rings. The van der Waals surface area contributed by atoms with Crippen molar-refractivity contribution in [1.82, 2.24) is 0 Å². The lowest BCUT2D eigenvalue weighted by Gasteiger charge is -2.30. The van der Waals surface area contributed by atoms with Crippen LogP contribution in [0.4, 0.5) is 5.69 Å². The van der Waals surface area contributed by atoms with Crippen LogP contribution in [-0.2, 0) is 4.79 Å². The Morgan fingerprint density at radius 3 is 2.61 bits per heavy atom. The first-order valence-corrected chi connectivity index (χ1v) is 6.62. The van der Waals surface area contributed by atoms with Crippen LogP contribution in [0.3, 0.4) is 0 Å². The Hall–Kier alpha value is -1.51. The number of benzene rings is 1. The van der Waals surface area contributed by atoms with Crippen molar-refractivity contribution in [3.8, 4) is 0 Å². The molecule has 0 amide bonds. The summed E-state index contributed by atoms with van der Waals surface area (Å²) < 4.78 is 0. The van der Waals surface area contributed by atoms with Crippen molar-refractivity contribution in [2.75, 3.05) is 5.32 Å². The molecule has 1 rings (SSSR count). The van der Waals surface area contributed by atoms with Crippen LogP contribution < -0.4 is 5.32 Å². The maximum atomic E-state index is 11.6. The Labute approximate surface area is 109 Å². The van der Waals surface area contributed by atoms with Crippen LogP contribution in [0.5, 0.6) is 0 Å². The van der Waals surface area contributed by atoms with Crippen LogP contribution >= 0.6 is 0 Å². The van der Waals surface area contributed by atoms with E-state index in [1.165, 1.54) is 0 Å². The molecule has 0 heterocycles. The molecule has 0 saturated heterocycles. The van der Waals surface area contributed by atoms with Crippen molar-refractivity contribution in [2.24, 2.45) is 0 Å². The number of carboxylic acids is 1. The molecule has 3 nitrogen and oxygen atoms in total.